The molecule has 0 spiro atoms. The molecule has 0 aromatic rings. The van der Waals surface area contributed by atoms with Gasteiger partial charge in [0.05, 0.1) is 0 Å². The minimum absolute atomic E-state index is 0.0261. The summed E-state index contributed by atoms with van der Waals surface area (Å²) < 4.78 is 1.09. The van der Waals surface area contributed by atoms with Crippen molar-refractivity contribution in [3.8, 4) is 0 Å². The van der Waals surface area contributed by atoms with Gasteiger partial charge >= 0.3 is 141 Å². The average Bonchev–Trinajstić information content (AvgIpc) is 2.85. The van der Waals surface area contributed by atoms with Crippen molar-refractivity contribution in [2.24, 2.45) is 21.7 Å². The van der Waals surface area contributed by atoms with Crippen LogP contribution in [0, 0.1) is 21.7 Å². The number of hydrogen-bond acceptors (Lipinski definition) is 0. The summed E-state index contributed by atoms with van der Waals surface area (Å²) in [7, 11) is 0. The molecule has 1 aliphatic rings. The molecule has 22 heavy (non-hydrogen) atoms. The molecule has 0 saturated carbocycles. The fraction of sp³-hybridized carbons (Fsp3) is 0.842. The van der Waals surface area contributed by atoms with E-state index in [0.29, 0.717) is 0 Å². The Morgan fingerprint density at radius 1 is 0.818 bits per heavy atom. The average molecular weight is 365 g/mol. The van der Waals surface area contributed by atoms with Gasteiger partial charge in [0, 0.05) is 0 Å². The Morgan fingerprint density at radius 2 is 1.14 bits per heavy atom. The normalized spacial score (nSPS) is 19.1. The van der Waals surface area contributed by atoms with Crippen LogP contribution in [0.15, 0.2) is 11.1 Å². The van der Waals surface area contributed by atoms with E-state index >= 15 is 0 Å². The van der Waals surface area contributed by atoms with E-state index in [-0.39, 0.29) is 21.7 Å². The third-order valence-electron chi connectivity index (χ3n) is 4.73. The molecule has 1 rings (SSSR count). The molecule has 3 heteroatoms. The van der Waals surface area contributed by atoms with Crippen LogP contribution < -0.4 is 0 Å². The van der Waals surface area contributed by atoms with Crippen molar-refractivity contribution in [1.29, 1.82) is 0 Å². The molecule has 126 valence electrons. The topological polar surface area (TPSA) is 36.4 Å². The minimum atomic E-state index is -2.30. The number of rotatable bonds is 2. The summed E-state index contributed by atoms with van der Waals surface area (Å²) in [6.45, 7) is 20.7. The molecule has 0 amide bonds. The summed E-state index contributed by atoms with van der Waals surface area (Å²) in [5.41, 5.74) is 13.1. The fourth-order valence-electron chi connectivity index (χ4n) is 4.29. The Morgan fingerprint density at radius 3 is 1.27 bits per heavy atom. The third-order valence-corrected chi connectivity index (χ3v) is 8.71. The van der Waals surface area contributed by atoms with E-state index < -0.39 is 13.3 Å². The first-order chi connectivity index (χ1) is 9.43. The first-order valence-electron chi connectivity index (χ1n) is 8.42. The molecule has 0 heterocycles. The van der Waals surface area contributed by atoms with Gasteiger partial charge in [-0.2, -0.15) is 0 Å². The van der Waals surface area contributed by atoms with Gasteiger partial charge in [0.1, 0.15) is 0 Å². The van der Waals surface area contributed by atoms with E-state index in [2.05, 4.69) is 84.4 Å². The Hall–Kier alpha value is -0.337. The first kappa shape index (κ1) is 19.7. The molecule has 0 atom stereocenters. The Balaban J connectivity index is 3.79. The van der Waals surface area contributed by atoms with Gasteiger partial charge in [-0.3, -0.25) is 0 Å². The second kappa shape index (κ2) is 5.08. The van der Waals surface area contributed by atoms with E-state index in [1.165, 1.54) is 11.1 Å². The summed E-state index contributed by atoms with van der Waals surface area (Å²) in [6, 6.07) is 0. The van der Waals surface area contributed by atoms with Gasteiger partial charge in [-0.1, -0.05) is 0 Å². The van der Waals surface area contributed by atoms with E-state index in [0.717, 1.165) is 4.54 Å². The molecular formula is C19H36GeN2. The standard InChI is InChI=1S/C19H36GeN2/c1-16(2,3)13-14(17(4,5)6)19(13,18(7,8)9)15(22-21)20(10,11)12/h1-12H3. The van der Waals surface area contributed by atoms with Gasteiger partial charge in [0.15, 0.2) is 0 Å². The predicted molar refractivity (Wildman–Crippen MR) is 99.8 cm³/mol. The van der Waals surface area contributed by atoms with Gasteiger partial charge in [0.25, 0.3) is 0 Å². The molecule has 0 radical (unpaired) electrons. The molecule has 2 nitrogen and oxygen atoms in total. The summed E-state index contributed by atoms with van der Waals surface area (Å²) in [5, 5.41) is 0. The molecule has 0 aliphatic heterocycles. The van der Waals surface area contributed by atoms with Crippen molar-refractivity contribution in [3.05, 3.63) is 16.7 Å². The summed E-state index contributed by atoms with van der Waals surface area (Å²) in [5.74, 6) is 7.00. The molecule has 0 aromatic heterocycles. The van der Waals surface area contributed by atoms with Crippen LogP contribution in [0.3, 0.4) is 0 Å². The summed E-state index contributed by atoms with van der Waals surface area (Å²) in [6.07, 6.45) is 0. The van der Waals surface area contributed by atoms with Crippen LogP contribution >= 0.6 is 0 Å². The zero-order valence-corrected chi connectivity index (χ0v) is 19.0. The van der Waals surface area contributed by atoms with Gasteiger partial charge in [-0.15, -0.1) is 0 Å². The van der Waals surface area contributed by atoms with E-state index in [1.807, 2.05) is 0 Å². The monoisotopic (exact) mass is 366 g/mol. The van der Waals surface area contributed by atoms with Crippen molar-refractivity contribution in [2.75, 3.05) is 0 Å². The Labute approximate surface area is 140 Å². The van der Waals surface area contributed by atoms with Crippen LogP contribution in [-0.4, -0.2) is 22.6 Å². The zero-order valence-electron chi connectivity index (χ0n) is 16.9. The molecule has 0 saturated heterocycles. The SMILES string of the molecule is CC(C)(C)C1=C(C(C)(C)C)C1([C](=[N+]=[N-])[Ge]([CH3])([CH3])[CH3])C(C)(C)C. The van der Waals surface area contributed by atoms with Crippen molar-refractivity contribution >= 4 is 17.8 Å². The number of allylic oxidation sites excluding steroid dienone is 2. The second-order valence-electron chi connectivity index (χ2n) is 10.9. The summed E-state index contributed by atoms with van der Waals surface area (Å²) >= 11 is -2.30. The van der Waals surface area contributed by atoms with Crippen LogP contribution in [-0.2, 0) is 0 Å². The molecule has 0 aromatic carbocycles. The van der Waals surface area contributed by atoms with Crippen molar-refractivity contribution in [3.63, 3.8) is 0 Å². The van der Waals surface area contributed by atoms with Crippen molar-refractivity contribution in [2.45, 2.75) is 79.6 Å². The summed E-state index contributed by atoms with van der Waals surface area (Å²) in [4.78, 5) is 3.95. The third kappa shape index (κ3) is 2.89. The zero-order chi connectivity index (χ0) is 17.9. The molecule has 0 bridgehead atoms. The van der Waals surface area contributed by atoms with Crippen molar-refractivity contribution in [1.82, 2.24) is 0 Å². The maximum atomic E-state index is 9.98. The van der Waals surface area contributed by atoms with Gasteiger partial charge in [-0.25, -0.2) is 0 Å². The second-order valence-corrected chi connectivity index (χ2v) is 21.4. The van der Waals surface area contributed by atoms with Gasteiger partial charge in [0.2, 0.25) is 0 Å². The number of hydrogen-bond donors (Lipinski definition) is 0. The quantitative estimate of drug-likeness (QED) is 0.190. The molecular weight excluding hydrogens is 329 g/mol. The molecule has 0 unspecified atom stereocenters. The van der Waals surface area contributed by atoms with Crippen LogP contribution in [0.5, 0.6) is 0 Å². The van der Waals surface area contributed by atoms with E-state index in [4.69, 9.17) is 0 Å². The maximum absolute atomic E-state index is 9.98. The van der Waals surface area contributed by atoms with E-state index in [9.17, 15) is 5.53 Å². The predicted octanol–water partition coefficient (Wildman–Crippen LogP) is 5.97. The Bertz CT molecular complexity index is 524. The van der Waals surface area contributed by atoms with Crippen LogP contribution in [0.25, 0.3) is 5.53 Å². The van der Waals surface area contributed by atoms with Crippen LogP contribution in [0.1, 0.15) is 62.3 Å². The molecule has 0 fully saturated rings. The Kier molecular flexibility index (Phi) is 4.55. The van der Waals surface area contributed by atoms with Crippen molar-refractivity contribution < 1.29 is 4.79 Å². The van der Waals surface area contributed by atoms with Crippen LogP contribution in [0.2, 0.25) is 17.3 Å². The first-order valence-corrected chi connectivity index (χ1v) is 15.8. The van der Waals surface area contributed by atoms with E-state index in [1.54, 1.807) is 0 Å². The van der Waals surface area contributed by atoms with Gasteiger partial charge in [-0.05, 0) is 0 Å². The fourth-order valence-corrected chi connectivity index (χ4v) is 8.59. The molecule has 1 aliphatic carbocycles. The van der Waals surface area contributed by atoms with Crippen LogP contribution in [0.4, 0.5) is 0 Å². The molecule has 0 N–H and O–H groups in total. The number of nitrogens with zero attached hydrogens (tertiary/aromatic N) is 2. The van der Waals surface area contributed by atoms with Gasteiger partial charge < -0.3 is 0 Å².